The lowest BCUT2D eigenvalue weighted by Gasteiger charge is -1.98. The Balaban J connectivity index is 2.45. The summed E-state index contributed by atoms with van der Waals surface area (Å²) in [7, 11) is 0. The Kier molecular flexibility index (Phi) is 1.41. The van der Waals surface area contributed by atoms with Crippen LogP contribution in [0, 0.1) is 17.6 Å². The minimum atomic E-state index is -0.748. The summed E-state index contributed by atoms with van der Waals surface area (Å²) in [4.78, 5) is 0. The summed E-state index contributed by atoms with van der Waals surface area (Å²) >= 11 is 0. The summed E-state index contributed by atoms with van der Waals surface area (Å²) in [6, 6.07) is 4.31. The van der Waals surface area contributed by atoms with Crippen LogP contribution < -0.4 is 0 Å². The maximum absolute atomic E-state index is 12.9. The van der Waals surface area contributed by atoms with Crippen molar-refractivity contribution in [1.29, 1.82) is 0 Å². The van der Waals surface area contributed by atoms with Gasteiger partial charge in [0.05, 0.1) is 0 Å². The highest BCUT2D eigenvalue weighted by molar-refractivity contribution is 5.38. The fraction of sp³-hybridized carbons (Fsp3) is 0.222. The van der Waals surface area contributed by atoms with E-state index in [9.17, 15) is 8.78 Å². The van der Waals surface area contributed by atoms with Crippen molar-refractivity contribution in [3.63, 3.8) is 0 Å². The first-order chi connectivity index (χ1) is 5.29. The van der Waals surface area contributed by atoms with E-state index in [-0.39, 0.29) is 0 Å². The molecular formula is C9H7F2. The Bertz CT molecular complexity index is 277. The second-order valence-electron chi connectivity index (χ2n) is 2.70. The molecular weight excluding hydrogens is 146 g/mol. The smallest absolute Gasteiger partial charge is 0.162 e. The van der Waals surface area contributed by atoms with Gasteiger partial charge < -0.3 is 0 Å². The van der Waals surface area contributed by atoms with E-state index in [1.807, 2.05) is 0 Å². The summed E-state index contributed by atoms with van der Waals surface area (Å²) in [5, 5.41) is 0. The lowest BCUT2D eigenvalue weighted by atomic mass is 10.1. The van der Waals surface area contributed by atoms with Crippen molar-refractivity contribution >= 4 is 0 Å². The summed E-state index contributed by atoms with van der Waals surface area (Å²) in [6.45, 7) is 0. The monoisotopic (exact) mass is 153 g/mol. The Morgan fingerprint density at radius 3 is 2.45 bits per heavy atom. The molecule has 1 aromatic carbocycles. The van der Waals surface area contributed by atoms with Gasteiger partial charge in [-0.25, -0.2) is 8.78 Å². The van der Waals surface area contributed by atoms with E-state index in [1.165, 1.54) is 0 Å². The van der Waals surface area contributed by atoms with Gasteiger partial charge in [-0.15, -0.1) is 0 Å². The first-order valence-electron chi connectivity index (χ1n) is 3.58. The highest BCUT2D eigenvalue weighted by Gasteiger charge is 2.28. The topological polar surface area (TPSA) is 0 Å². The molecule has 0 amide bonds. The Morgan fingerprint density at radius 1 is 1.09 bits per heavy atom. The van der Waals surface area contributed by atoms with Gasteiger partial charge in [0.25, 0.3) is 0 Å². The zero-order valence-electron chi connectivity index (χ0n) is 5.90. The molecule has 2 heteroatoms. The second kappa shape index (κ2) is 2.29. The van der Waals surface area contributed by atoms with Crippen molar-refractivity contribution in [2.24, 2.45) is 0 Å². The Labute approximate surface area is 63.9 Å². The van der Waals surface area contributed by atoms with Crippen LogP contribution in [0.25, 0.3) is 0 Å². The number of hydrogen-bond donors (Lipinski definition) is 0. The van der Waals surface area contributed by atoms with Crippen molar-refractivity contribution in [3.8, 4) is 0 Å². The maximum Gasteiger partial charge on any atom is 0.162 e. The predicted octanol–water partition coefficient (Wildman–Crippen LogP) is 2.68. The number of rotatable bonds is 1. The molecule has 1 radical (unpaired) electrons. The molecule has 1 fully saturated rings. The SMILES string of the molecule is Fc1cccc([C]2CC2)c1F. The summed E-state index contributed by atoms with van der Waals surface area (Å²) in [5.74, 6) is -0.413. The van der Waals surface area contributed by atoms with Crippen molar-refractivity contribution in [2.45, 2.75) is 12.8 Å². The van der Waals surface area contributed by atoms with Gasteiger partial charge in [0.15, 0.2) is 11.6 Å². The molecule has 0 atom stereocenters. The van der Waals surface area contributed by atoms with E-state index >= 15 is 0 Å². The van der Waals surface area contributed by atoms with Gasteiger partial charge in [-0.1, -0.05) is 12.1 Å². The highest BCUT2D eigenvalue weighted by Crippen LogP contribution is 2.40. The van der Waals surface area contributed by atoms with Crippen LogP contribution in [0.4, 0.5) is 8.78 Å². The van der Waals surface area contributed by atoms with E-state index < -0.39 is 11.6 Å². The third-order valence-corrected chi connectivity index (χ3v) is 1.83. The van der Waals surface area contributed by atoms with Gasteiger partial charge in [0.2, 0.25) is 0 Å². The van der Waals surface area contributed by atoms with Crippen LogP contribution in [-0.4, -0.2) is 0 Å². The van der Waals surface area contributed by atoms with Crippen LogP contribution in [0.2, 0.25) is 0 Å². The standard InChI is InChI=1S/C9H7F2/c10-8-3-1-2-7(9(8)11)6-4-5-6/h1-3H,4-5H2. The normalized spacial score (nSPS) is 16.9. The molecule has 1 aliphatic rings. The predicted molar refractivity (Wildman–Crippen MR) is 37.9 cm³/mol. The van der Waals surface area contributed by atoms with Crippen molar-refractivity contribution in [2.75, 3.05) is 0 Å². The molecule has 1 saturated carbocycles. The summed E-state index contributed by atoms with van der Waals surface area (Å²) in [6.07, 6.45) is 1.83. The molecule has 2 rings (SSSR count). The molecule has 0 N–H and O–H groups in total. The minimum Gasteiger partial charge on any atom is -0.204 e. The quantitative estimate of drug-likeness (QED) is 0.581. The van der Waals surface area contributed by atoms with Crippen molar-refractivity contribution in [3.05, 3.63) is 41.3 Å². The highest BCUT2D eigenvalue weighted by atomic mass is 19.2. The molecule has 0 spiro atoms. The van der Waals surface area contributed by atoms with Gasteiger partial charge in [-0.2, -0.15) is 0 Å². The number of halogens is 2. The first kappa shape index (κ1) is 6.77. The molecule has 0 aliphatic heterocycles. The van der Waals surface area contributed by atoms with Crippen LogP contribution in [-0.2, 0) is 0 Å². The molecule has 1 aliphatic carbocycles. The third kappa shape index (κ3) is 1.13. The summed E-state index contributed by atoms with van der Waals surface area (Å²) in [5.41, 5.74) is 0.463. The van der Waals surface area contributed by atoms with Gasteiger partial charge in [-0.05, 0) is 24.5 Å². The molecule has 57 valence electrons. The molecule has 0 saturated heterocycles. The minimum absolute atomic E-state index is 0.463. The molecule has 0 aromatic heterocycles. The number of benzene rings is 1. The first-order valence-corrected chi connectivity index (χ1v) is 3.58. The van der Waals surface area contributed by atoms with Crippen LogP contribution in [0.15, 0.2) is 18.2 Å². The van der Waals surface area contributed by atoms with Gasteiger partial charge in [0, 0.05) is 5.92 Å². The van der Waals surface area contributed by atoms with Crippen molar-refractivity contribution in [1.82, 2.24) is 0 Å². The van der Waals surface area contributed by atoms with Crippen LogP contribution in [0.5, 0.6) is 0 Å². The largest absolute Gasteiger partial charge is 0.204 e. The zero-order valence-corrected chi connectivity index (χ0v) is 5.90. The third-order valence-electron chi connectivity index (χ3n) is 1.83. The number of hydrogen-bond acceptors (Lipinski definition) is 0. The van der Waals surface area contributed by atoms with Crippen LogP contribution in [0.1, 0.15) is 18.4 Å². The Hall–Kier alpha value is -0.920. The fourth-order valence-electron chi connectivity index (χ4n) is 1.11. The zero-order chi connectivity index (χ0) is 7.84. The molecule has 0 bridgehead atoms. The maximum atomic E-state index is 12.9. The van der Waals surface area contributed by atoms with Gasteiger partial charge in [-0.3, -0.25) is 0 Å². The van der Waals surface area contributed by atoms with Crippen molar-refractivity contribution < 1.29 is 8.78 Å². The van der Waals surface area contributed by atoms with E-state index in [4.69, 9.17) is 0 Å². The molecule has 0 unspecified atom stereocenters. The second-order valence-corrected chi connectivity index (χ2v) is 2.70. The van der Waals surface area contributed by atoms with Gasteiger partial charge in [0.1, 0.15) is 0 Å². The lowest BCUT2D eigenvalue weighted by Crippen LogP contribution is -1.90. The summed E-state index contributed by atoms with van der Waals surface area (Å²) < 4.78 is 25.5. The van der Waals surface area contributed by atoms with Crippen LogP contribution in [0.3, 0.4) is 0 Å². The van der Waals surface area contributed by atoms with E-state index in [1.54, 1.807) is 12.1 Å². The molecule has 0 heterocycles. The Morgan fingerprint density at radius 2 is 1.82 bits per heavy atom. The average Bonchev–Trinajstić information content (AvgIpc) is 2.77. The average molecular weight is 153 g/mol. The fourth-order valence-corrected chi connectivity index (χ4v) is 1.11. The van der Waals surface area contributed by atoms with Gasteiger partial charge >= 0.3 is 0 Å². The molecule has 0 nitrogen and oxygen atoms in total. The molecule has 1 aromatic rings. The van der Waals surface area contributed by atoms with E-state index in [0.29, 0.717) is 5.56 Å². The lowest BCUT2D eigenvalue weighted by molar-refractivity contribution is 0.503. The van der Waals surface area contributed by atoms with E-state index in [2.05, 4.69) is 0 Å². The van der Waals surface area contributed by atoms with E-state index in [0.717, 1.165) is 24.8 Å². The molecule has 11 heavy (non-hydrogen) atoms. The van der Waals surface area contributed by atoms with Crippen LogP contribution >= 0.6 is 0 Å².